The highest BCUT2D eigenvalue weighted by Gasteiger charge is 2.03. The number of hydrogen-bond acceptors (Lipinski definition) is 4. The van der Waals surface area contributed by atoms with Gasteiger partial charge in [-0.3, -0.25) is 0 Å². The second kappa shape index (κ2) is 5.17. The van der Waals surface area contributed by atoms with E-state index in [0.29, 0.717) is 18.1 Å². The average Bonchev–Trinajstić information content (AvgIpc) is 2.16. The van der Waals surface area contributed by atoms with Gasteiger partial charge in [0.25, 0.3) is 0 Å². The largest absolute Gasteiger partial charge is 0.396 e. The maximum Gasteiger partial charge on any atom is 0.149 e. The SMILES string of the molecule is COC(C)CNc1ncc(Br)cc1N. The van der Waals surface area contributed by atoms with Gasteiger partial charge in [0, 0.05) is 24.3 Å². The van der Waals surface area contributed by atoms with Crippen LogP contribution in [0.3, 0.4) is 0 Å². The van der Waals surface area contributed by atoms with Crippen LogP contribution in [0.4, 0.5) is 11.5 Å². The van der Waals surface area contributed by atoms with Gasteiger partial charge in [-0.25, -0.2) is 4.98 Å². The van der Waals surface area contributed by atoms with E-state index in [1.54, 1.807) is 13.3 Å². The van der Waals surface area contributed by atoms with Crippen LogP contribution in [0.25, 0.3) is 0 Å². The molecule has 0 aliphatic rings. The van der Waals surface area contributed by atoms with Crippen LogP contribution < -0.4 is 11.1 Å². The van der Waals surface area contributed by atoms with E-state index in [9.17, 15) is 0 Å². The van der Waals surface area contributed by atoms with E-state index in [-0.39, 0.29) is 6.10 Å². The number of ether oxygens (including phenoxy) is 1. The van der Waals surface area contributed by atoms with Crippen molar-refractivity contribution >= 4 is 27.4 Å². The van der Waals surface area contributed by atoms with Crippen LogP contribution in [0, 0.1) is 0 Å². The Kier molecular flexibility index (Phi) is 4.16. The normalized spacial score (nSPS) is 12.5. The number of halogens is 1. The van der Waals surface area contributed by atoms with E-state index in [1.807, 2.05) is 13.0 Å². The first-order valence-electron chi connectivity index (χ1n) is 4.31. The van der Waals surface area contributed by atoms with Crippen molar-refractivity contribution in [3.8, 4) is 0 Å². The Bertz CT molecular complexity index is 306. The molecule has 0 radical (unpaired) electrons. The molecule has 1 aromatic rings. The van der Waals surface area contributed by atoms with Gasteiger partial charge in [-0.1, -0.05) is 0 Å². The van der Waals surface area contributed by atoms with E-state index in [0.717, 1.165) is 4.47 Å². The van der Waals surface area contributed by atoms with Crippen LogP contribution in [0.5, 0.6) is 0 Å². The molecule has 0 saturated heterocycles. The smallest absolute Gasteiger partial charge is 0.149 e. The quantitative estimate of drug-likeness (QED) is 0.867. The van der Waals surface area contributed by atoms with Crippen LogP contribution in [0.1, 0.15) is 6.92 Å². The van der Waals surface area contributed by atoms with Crippen molar-refractivity contribution in [2.24, 2.45) is 0 Å². The number of aromatic nitrogens is 1. The van der Waals surface area contributed by atoms with Gasteiger partial charge < -0.3 is 15.8 Å². The number of nitrogens with two attached hydrogens (primary N) is 1. The summed E-state index contributed by atoms with van der Waals surface area (Å²) in [5.41, 5.74) is 6.38. The molecule has 78 valence electrons. The van der Waals surface area contributed by atoms with Gasteiger partial charge >= 0.3 is 0 Å². The van der Waals surface area contributed by atoms with Crippen molar-refractivity contribution in [2.75, 3.05) is 24.7 Å². The van der Waals surface area contributed by atoms with Gasteiger partial charge in [0.15, 0.2) is 0 Å². The molecule has 0 aliphatic carbocycles. The van der Waals surface area contributed by atoms with E-state index >= 15 is 0 Å². The lowest BCUT2D eigenvalue weighted by atomic mass is 10.3. The number of methoxy groups -OCH3 is 1. The first-order chi connectivity index (χ1) is 6.63. The van der Waals surface area contributed by atoms with Gasteiger partial charge in [0.2, 0.25) is 0 Å². The van der Waals surface area contributed by atoms with Gasteiger partial charge in [-0.15, -0.1) is 0 Å². The number of nitrogen functional groups attached to an aromatic ring is 1. The predicted octanol–water partition coefficient (Wildman–Crippen LogP) is 1.87. The van der Waals surface area contributed by atoms with Gasteiger partial charge in [0.05, 0.1) is 11.8 Å². The van der Waals surface area contributed by atoms with E-state index < -0.39 is 0 Å². The number of nitrogens with zero attached hydrogens (tertiary/aromatic N) is 1. The Balaban J connectivity index is 2.59. The van der Waals surface area contributed by atoms with Crippen LogP contribution in [-0.4, -0.2) is 24.7 Å². The van der Waals surface area contributed by atoms with Crippen LogP contribution in [-0.2, 0) is 4.74 Å². The summed E-state index contributed by atoms with van der Waals surface area (Å²) in [6, 6.07) is 1.81. The minimum Gasteiger partial charge on any atom is -0.396 e. The van der Waals surface area contributed by atoms with Crippen LogP contribution in [0.15, 0.2) is 16.7 Å². The van der Waals surface area contributed by atoms with Crippen molar-refractivity contribution in [1.82, 2.24) is 4.98 Å². The molecule has 0 bridgehead atoms. The number of hydrogen-bond donors (Lipinski definition) is 2. The Hall–Kier alpha value is -0.810. The van der Waals surface area contributed by atoms with Gasteiger partial charge in [-0.2, -0.15) is 0 Å². The minimum atomic E-state index is 0.139. The maximum atomic E-state index is 5.75. The highest BCUT2D eigenvalue weighted by Crippen LogP contribution is 2.19. The Morgan fingerprint density at radius 2 is 2.43 bits per heavy atom. The van der Waals surface area contributed by atoms with E-state index in [2.05, 4.69) is 26.2 Å². The fraction of sp³-hybridized carbons (Fsp3) is 0.444. The second-order valence-corrected chi connectivity index (χ2v) is 3.93. The summed E-state index contributed by atoms with van der Waals surface area (Å²) in [5.74, 6) is 0.692. The zero-order valence-corrected chi connectivity index (χ0v) is 9.84. The molecular weight excluding hydrogens is 246 g/mol. The molecule has 4 nitrogen and oxygen atoms in total. The molecule has 1 atom stereocenters. The third-order valence-electron chi connectivity index (χ3n) is 1.84. The van der Waals surface area contributed by atoms with Crippen molar-refractivity contribution in [2.45, 2.75) is 13.0 Å². The molecule has 0 fully saturated rings. The average molecular weight is 260 g/mol. The third-order valence-corrected chi connectivity index (χ3v) is 2.28. The molecule has 1 aromatic heterocycles. The summed E-state index contributed by atoms with van der Waals surface area (Å²) in [6.07, 6.45) is 1.84. The van der Waals surface area contributed by atoms with Crippen molar-refractivity contribution < 1.29 is 4.74 Å². The minimum absolute atomic E-state index is 0.139. The number of pyridine rings is 1. The molecule has 0 aliphatic heterocycles. The number of nitrogens with one attached hydrogen (secondary N) is 1. The first kappa shape index (κ1) is 11.3. The molecule has 0 amide bonds. The number of rotatable bonds is 4. The fourth-order valence-electron chi connectivity index (χ4n) is 0.926. The summed E-state index contributed by atoms with van der Waals surface area (Å²) in [6.45, 7) is 2.66. The molecule has 0 saturated carbocycles. The van der Waals surface area contributed by atoms with Gasteiger partial charge in [0.1, 0.15) is 5.82 Å². The molecule has 1 heterocycles. The van der Waals surface area contributed by atoms with Crippen LogP contribution in [0.2, 0.25) is 0 Å². The van der Waals surface area contributed by atoms with E-state index in [1.165, 1.54) is 0 Å². The molecule has 3 N–H and O–H groups in total. The Labute approximate surface area is 92.0 Å². The summed E-state index contributed by atoms with van der Waals surface area (Å²) in [7, 11) is 1.67. The van der Waals surface area contributed by atoms with Crippen molar-refractivity contribution in [3.05, 3.63) is 16.7 Å². The molecular formula is C9H14BrN3O. The zero-order valence-electron chi connectivity index (χ0n) is 8.25. The molecule has 1 unspecified atom stereocenters. The zero-order chi connectivity index (χ0) is 10.6. The maximum absolute atomic E-state index is 5.75. The topological polar surface area (TPSA) is 60.2 Å². The Morgan fingerprint density at radius 3 is 3.00 bits per heavy atom. The summed E-state index contributed by atoms with van der Waals surface area (Å²) >= 11 is 3.30. The molecule has 14 heavy (non-hydrogen) atoms. The molecule has 5 heteroatoms. The highest BCUT2D eigenvalue weighted by molar-refractivity contribution is 9.10. The monoisotopic (exact) mass is 259 g/mol. The third kappa shape index (κ3) is 3.16. The van der Waals surface area contributed by atoms with Crippen molar-refractivity contribution in [1.29, 1.82) is 0 Å². The molecule has 0 aromatic carbocycles. The second-order valence-electron chi connectivity index (χ2n) is 3.02. The molecule has 1 rings (SSSR count). The lowest BCUT2D eigenvalue weighted by Gasteiger charge is -2.12. The fourth-order valence-corrected chi connectivity index (χ4v) is 1.28. The summed E-state index contributed by atoms with van der Waals surface area (Å²) in [4.78, 5) is 4.15. The summed E-state index contributed by atoms with van der Waals surface area (Å²) < 4.78 is 5.97. The lowest BCUT2D eigenvalue weighted by molar-refractivity contribution is 0.128. The standard InChI is InChI=1S/C9H14BrN3O/c1-6(14-2)4-12-9-8(11)3-7(10)5-13-9/h3,5-6H,4,11H2,1-2H3,(H,12,13). The van der Waals surface area contributed by atoms with Gasteiger partial charge in [-0.05, 0) is 28.9 Å². The van der Waals surface area contributed by atoms with Crippen LogP contribution >= 0.6 is 15.9 Å². The lowest BCUT2D eigenvalue weighted by Crippen LogP contribution is -2.19. The van der Waals surface area contributed by atoms with E-state index in [4.69, 9.17) is 10.5 Å². The molecule has 0 spiro atoms. The predicted molar refractivity (Wildman–Crippen MR) is 61.3 cm³/mol. The first-order valence-corrected chi connectivity index (χ1v) is 5.10. The number of anilines is 2. The van der Waals surface area contributed by atoms with Crippen molar-refractivity contribution in [3.63, 3.8) is 0 Å². The highest BCUT2D eigenvalue weighted by atomic mass is 79.9. The Morgan fingerprint density at radius 1 is 1.71 bits per heavy atom. The summed E-state index contributed by atoms with van der Waals surface area (Å²) in [5, 5.41) is 3.11.